The molecule has 1 amide bonds. The van der Waals surface area contributed by atoms with Crippen LogP contribution < -0.4 is 10.0 Å². The molecule has 7 heteroatoms. The number of carbonyl (C=O) groups excluding carboxylic acids is 1. The number of hydrogen-bond acceptors (Lipinski definition) is 4. The molecular formula is C17H20N2O3S2. The maximum Gasteiger partial charge on any atom is 0.251 e. The molecule has 0 aliphatic heterocycles. The van der Waals surface area contributed by atoms with Gasteiger partial charge in [0.05, 0.1) is 4.90 Å². The van der Waals surface area contributed by atoms with Crippen molar-refractivity contribution in [3.05, 3.63) is 59.7 Å². The third-order valence-electron chi connectivity index (χ3n) is 3.35. The van der Waals surface area contributed by atoms with Crippen molar-refractivity contribution < 1.29 is 13.2 Å². The maximum atomic E-state index is 12.1. The highest BCUT2D eigenvalue weighted by Crippen LogP contribution is 2.17. The molecule has 24 heavy (non-hydrogen) atoms. The number of thioether (sulfide) groups is 1. The Morgan fingerprint density at radius 2 is 1.83 bits per heavy atom. The molecule has 0 saturated heterocycles. The van der Waals surface area contributed by atoms with Crippen molar-refractivity contribution in [3.63, 3.8) is 0 Å². The Bertz CT molecular complexity index is 803. The van der Waals surface area contributed by atoms with Gasteiger partial charge in [-0.25, -0.2) is 13.1 Å². The highest BCUT2D eigenvalue weighted by molar-refractivity contribution is 7.99. The zero-order valence-electron chi connectivity index (χ0n) is 13.6. The second-order valence-electron chi connectivity index (χ2n) is 5.15. The lowest BCUT2D eigenvalue weighted by molar-refractivity contribution is 0.0956. The van der Waals surface area contributed by atoms with Crippen LogP contribution in [0.2, 0.25) is 0 Å². The molecule has 0 unspecified atom stereocenters. The molecule has 0 radical (unpaired) electrons. The summed E-state index contributed by atoms with van der Waals surface area (Å²) in [5.41, 5.74) is 1.54. The van der Waals surface area contributed by atoms with Crippen molar-refractivity contribution in [1.29, 1.82) is 0 Å². The first-order chi connectivity index (χ1) is 11.4. The van der Waals surface area contributed by atoms with Gasteiger partial charge in [0.2, 0.25) is 10.0 Å². The van der Waals surface area contributed by atoms with Gasteiger partial charge in [-0.2, -0.15) is 0 Å². The van der Waals surface area contributed by atoms with Gasteiger partial charge in [-0.3, -0.25) is 4.79 Å². The molecule has 0 atom stereocenters. The number of nitrogens with one attached hydrogen (secondary N) is 2. The van der Waals surface area contributed by atoms with Gasteiger partial charge < -0.3 is 5.32 Å². The Labute approximate surface area is 146 Å². The van der Waals surface area contributed by atoms with Crippen molar-refractivity contribution >= 4 is 27.7 Å². The fraction of sp³-hybridized carbons (Fsp3) is 0.235. The molecule has 0 bridgehead atoms. The summed E-state index contributed by atoms with van der Waals surface area (Å²) in [7, 11) is -2.22. The molecule has 0 heterocycles. The van der Waals surface area contributed by atoms with Gasteiger partial charge in [0.1, 0.15) is 0 Å². The van der Waals surface area contributed by atoms with Crippen LogP contribution >= 0.6 is 11.8 Å². The van der Waals surface area contributed by atoms with Crippen LogP contribution in [0.15, 0.2) is 58.3 Å². The van der Waals surface area contributed by atoms with Gasteiger partial charge >= 0.3 is 0 Å². The van der Waals surface area contributed by atoms with Crippen molar-refractivity contribution in [1.82, 2.24) is 10.0 Å². The highest BCUT2D eigenvalue weighted by Gasteiger charge is 2.13. The predicted octanol–water partition coefficient (Wildman–Crippen LogP) is 2.43. The Morgan fingerprint density at radius 1 is 1.12 bits per heavy atom. The van der Waals surface area contributed by atoms with Crippen molar-refractivity contribution in [2.75, 3.05) is 19.3 Å². The minimum absolute atomic E-state index is 0.0756. The summed E-state index contributed by atoms with van der Waals surface area (Å²) in [4.78, 5) is 13.4. The number of hydrogen-bond donors (Lipinski definition) is 2. The van der Waals surface area contributed by atoms with Crippen molar-refractivity contribution in [2.24, 2.45) is 0 Å². The molecule has 2 N–H and O–H groups in total. The summed E-state index contributed by atoms with van der Waals surface area (Å²) >= 11 is 1.66. The van der Waals surface area contributed by atoms with Crippen LogP contribution in [-0.2, 0) is 10.0 Å². The average molecular weight is 364 g/mol. The van der Waals surface area contributed by atoms with E-state index in [2.05, 4.69) is 22.2 Å². The first kappa shape index (κ1) is 18.5. The van der Waals surface area contributed by atoms with Crippen LogP contribution in [0.1, 0.15) is 15.9 Å². The highest BCUT2D eigenvalue weighted by atomic mass is 32.2. The summed E-state index contributed by atoms with van der Waals surface area (Å²) in [5.74, 6) is 0.455. The normalized spacial score (nSPS) is 11.2. The lowest BCUT2D eigenvalue weighted by Gasteiger charge is -2.07. The lowest BCUT2D eigenvalue weighted by atomic mass is 10.2. The molecule has 2 aromatic rings. The van der Waals surface area contributed by atoms with E-state index >= 15 is 0 Å². The first-order valence-electron chi connectivity index (χ1n) is 7.43. The first-order valence-corrected chi connectivity index (χ1v) is 9.90. The smallest absolute Gasteiger partial charge is 0.251 e. The van der Waals surface area contributed by atoms with E-state index in [0.717, 1.165) is 10.6 Å². The Kier molecular flexibility index (Phi) is 6.42. The zero-order chi connectivity index (χ0) is 17.6. The number of sulfonamides is 1. The van der Waals surface area contributed by atoms with E-state index < -0.39 is 10.0 Å². The topological polar surface area (TPSA) is 75.3 Å². The van der Waals surface area contributed by atoms with Crippen LogP contribution in [0, 0.1) is 6.92 Å². The zero-order valence-corrected chi connectivity index (χ0v) is 15.2. The fourth-order valence-electron chi connectivity index (χ4n) is 1.99. The summed E-state index contributed by atoms with van der Waals surface area (Å²) < 4.78 is 25.8. The second kappa shape index (κ2) is 8.32. The predicted molar refractivity (Wildman–Crippen MR) is 96.9 cm³/mol. The van der Waals surface area contributed by atoms with Gasteiger partial charge in [-0.15, -0.1) is 11.8 Å². The van der Waals surface area contributed by atoms with Gasteiger partial charge in [-0.1, -0.05) is 23.8 Å². The Hall–Kier alpha value is -1.83. The van der Waals surface area contributed by atoms with Crippen molar-refractivity contribution in [3.8, 4) is 0 Å². The van der Waals surface area contributed by atoms with Crippen LogP contribution in [0.3, 0.4) is 0 Å². The summed E-state index contributed by atoms with van der Waals surface area (Å²) in [6, 6.07) is 14.2. The summed E-state index contributed by atoms with van der Waals surface area (Å²) in [6.07, 6.45) is 0. The summed E-state index contributed by atoms with van der Waals surface area (Å²) in [6.45, 7) is 2.54. The molecule has 2 rings (SSSR count). The number of carbonyl (C=O) groups is 1. The maximum absolute atomic E-state index is 12.1. The monoisotopic (exact) mass is 364 g/mol. The summed E-state index contributed by atoms with van der Waals surface area (Å²) in [5, 5.41) is 2.80. The molecule has 5 nitrogen and oxygen atoms in total. The molecule has 0 saturated carbocycles. The van der Waals surface area contributed by atoms with Gasteiger partial charge in [0.15, 0.2) is 0 Å². The number of amides is 1. The van der Waals surface area contributed by atoms with Crippen LogP contribution in [0.5, 0.6) is 0 Å². The van der Waals surface area contributed by atoms with E-state index in [1.165, 1.54) is 24.7 Å². The van der Waals surface area contributed by atoms with E-state index in [1.807, 2.05) is 19.1 Å². The lowest BCUT2D eigenvalue weighted by Crippen LogP contribution is -2.26. The number of benzene rings is 2. The van der Waals surface area contributed by atoms with Gasteiger partial charge in [0, 0.05) is 22.8 Å². The second-order valence-corrected chi connectivity index (χ2v) is 8.21. The van der Waals surface area contributed by atoms with Crippen LogP contribution in [0.25, 0.3) is 0 Å². The SMILES string of the molecule is CNS(=O)(=O)c1cccc(C(=O)NCCSc2ccc(C)cc2)c1. The molecular weight excluding hydrogens is 344 g/mol. The molecule has 0 aliphatic rings. The quantitative estimate of drug-likeness (QED) is 0.584. The van der Waals surface area contributed by atoms with E-state index in [9.17, 15) is 13.2 Å². The fourth-order valence-corrected chi connectivity index (χ4v) is 3.54. The molecule has 0 aliphatic carbocycles. The molecule has 0 spiro atoms. The third-order valence-corrected chi connectivity index (χ3v) is 5.78. The van der Waals surface area contributed by atoms with E-state index in [-0.39, 0.29) is 10.8 Å². The largest absolute Gasteiger partial charge is 0.351 e. The minimum Gasteiger partial charge on any atom is -0.351 e. The number of rotatable bonds is 7. The molecule has 128 valence electrons. The minimum atomic E-state index is -3.55. The van der Waals surface area contributed by atoms with Crippen LogP contribution in [0.4, 0.5) is 0 Å². The third kappa shape index (κ3) is 5.09. The van der Waals surface area contributed by atoms with Gasteiger partial charge in [0.25, 0.3) is 5.91 Å². The van der Waals surface area contributed by atoms with Gasteiger partial charge in [-0.05, 0) is 44.3 Å². The standard InChI is InChI=1S/C17H20N2O3S2/c1-13-6-8-15(9-7-13)23-11-10-19-17(20)14-4-3-5-16(12-14)24(21,22)18-2/h3-9,12,18H,10-11H2,1-2H3,(H,19,20). The van der Waals surface area contributed by atoms with E-state index in [4.69, 9.17) is 0 Å². The van der Waals surface area contributed by atoms with Crippen molar-refractivity contribution in [2.45, 2.75) is 16.7 Å². The Balaban J connectivity index is 1.89. The molecule has 0 aromatic heterocycles. The van der Waals surface area contributed by atoms with E-state index in [0.29, 0.717) is 12.1 Å². The van der Waals surface area contributed by atoms with E-state index in [1.54, 1.807) is 23.9 Å². The average Bonchev–Trinajstić information content (AvgIpc) is 2.60. The number of aryl methyl sites for hydroxylation is 1. The Morgan fingerprint density at radius 3 is 2.50 bits per heavy atom. The molecule has 0 fully saturated rings. The van der Waals surface area contributed by atoms with Crippen LogP contribution in [-0.4, -0.2) is 33.7 Å². The molecule has 2 aromatic carbocycles.